The molecule has 1 nitrogen and oxygen atoms in total. The summed E-state index contributed by atoms with van der Waals surface area (Å²) in [5.41, 5.74) is 0.856. The van der Waals surface area contributed by atoms with Crippen LogP contribution in [0.1, 0.15) is 49.4 Å². The molecule has 0 bridgehead atoms. The minimum absolute atomic E-state index is 0.281. The fourth-order valence-electron chi connectivity index (χ4n) is 1.63. The molecule has 0 unspecified atom stereocenters. The van der Waals surface area contributed by atoms with Gasteiger partial charge in [-0.25, -0.2) is 0 Å². The van der Waals surface area contributed by atoms with E-state index < -0.39 is 0 Å². The largest absolute Gasteiger partial charge is 0.294 e. The molecule has 16 heavy (non-hydrogen) atoms. The Labute approximate surface area is 103 Å². The normalized spacial score (nSPS) is 10.4. The molecular formula is C14H20OS. The zero-order valence-corrected chi connectivity index (χ0v) is 11.0. The predicted octanol–water partition coefficient (Wildman–Crippen LogP) is 4.56. The Kier molecular flexibility index (Phi) is 6.24. The van der Waals surface area contributed by atoms with Crippen LogP contribution in [0.25, 0.3) is 0 Å². The van der Waals surface area contributed by atoms with Crippen LogP contribution in [0, 0.1) is 0 Å². The highest BCUT2D eigenvalue weighted by atomic mass is 32.2. The van der Waals surface area contributed by atoms with Crippen molar-refractivity contribution in [3.05, 3.63) is 29.8 Å². The summed E-state index contributed by atoms with van der Waals surface area (Å²) in [4.78, 5) is 13.0. The van der Waals surface area contributed by atoms with Crippen LogP contribution in [0.4, 0.5) is 0 Å². The third kappa shape index (κ3) is 4.40. The number of Topliss-reactive ketones (excluding diaryl/α,β-unsaturated/α-hetero) is 1. The van der Waals surface area contributed by atoms with Gasteiger partial charge in [-0.05, 0) is 24.8 Å². The van der Waals surface area contributed by atoms with Gasteiger partial charge in [0.15, 0.2) is 5.78 Å². The maximum Gasteiger partial charge on any atom is 0.162 e. The molecule has 0 aliphatic carbocycles. The number of thioether (sulfide) groups is 1. The van der Waals surface area contributed by atoms with Crippen molar-refractivity contribution in [2.75, 3.05) is 6.26 Å². The van der Waals surface area contributed by atoms with E-state index in [9.17, 15) is 4.79 Å². The summed E-state index contributed by atoms with van der Waals surface area (Å²) < 4.78 is 0. The molecule has 0 spiro atoms. The van der Waals surface area contributed by atoms with Gasteiger partial charge >= 0.3 is 0 Å². The van der Waals surface area contributed by atoms with Crippen molar-refractivity contribution in [1.29, 1.82) is 0 Å². The van der Waals surface area contributed by atoms with Gasteiger partial charge in [0.1, 0.15) is 0 Å². The van der Waals surface area contributed by atoms with Gasteiger partial charge in [-0.3, -0.25) is 4.79 Å². The monoisotopic (exact) mass is 236 g/mol. The summed E-state index contributed by atoms with van der Waals surface area (Å²) >= 11 is 1.70. The van der Waals surface area contributed by atoms with E-state index >= 15 is 0 Å². The number of rotatable bonds is 7. The molecule has 0 aliphatic heterocycles. The van der Waals surface area contributed by atoms with Crippen molar-refractivity contribution >= 4 is 17.5 Å². The van der Waals surface area contributed by atoms with Crippen molar-refractivity contribution in [2.45, 2.75) is 43.9 Å². The number of carbonyl (C=O) groups excluding carboxylic acids is 1. The van der Waals surface area contributed by atoms with Crippen LogP contribution in [-0.2, 0) is 0 Å². The molecule has 0 heterocycles. The van der Waals surface area contributed by atoms with Crippen LogP contribution in [0.15, 0.2) is 29.2 Å². The molecule has 0 N–H and O–H groups in total. The first-order valence-electron chi connectivity index (χ1n) is 5.95. The molecule has 0 atom stereocenters. The van der Waals surface area contributed by atoms with E-state index in [0.717, 1.165) is 12.0 Å². The van der Waals surface area contributed by atoms with E-state index in [0.29, 0.717) is 6.42 Å². The van der Waals surface area contributed by atoms with Gasteiger partial charge in [0, 0.05) is 16.9 Å². The van der Waals surface area contributed by atoms with E-state index in [4.69, 9.17) is 0 Å². The third-order valence-corrected chi connectivity index (χ3v) is 3.41. The Balaban J connectivity index is 2.40. The van der Waals surface area contributed by atoms with Crippen molar-refractivity contribution < 1.29 is 4.79 Å². The van der Waals surface area contributed by atoms with E-state index in [1.807, 2.05) is 30.5 Å². The smallest absolute Gasteiger partial charge is 0.162 e. The van der Waals surface area contributed by atoms with E-state index in [1.165, 1.54) is 24.2 Å². The van der Waals surface area contributed by atoms with E-state index in [-0.39, 0.29) is 5.78 Å². The Morgan fingerprint density at radius 3 is 2.38 bits per heavy atom. The first-order valence-corrected chi connectivity index (χ1v) is 7.17. The molecule has 2 heteroatoms. The fraction of sp³-hybridized carbons (Fsp3) is 0.500. The molecule has 0 radical (unpaired) electrons. The van der Waals surface area contributed by atoms with Gasteiger partial charge in [-0.1, -0.05) is 38.3 Å². The molecule has 1 aromatic carbocycles. The summed E-state index contributed by atoms with van der Waals surface area (Å²) in [7, 11) is 0. The highest BCUT2D eigenvalue weighted by Crippen LogP contribution is 2.16. The number of ketones is 1. The number of carbonyl (C=O) groups is 1. The van der Waals surface area contributed by atoms with Crippen LogP contribution in [0.3, 0.4) is 0 Å². The number of benzene rings is 1. The molecule has 1 aromatic rings. The Bertz CT molecular complexity index is 316. The van der Waals surface area contributed by atoms with Gasteiger partial charge in [-0.15, -0.1) is 11.8 Å². The average Bonchev–Trinajstić information content (AvgIpc) is 2.34. The van der Waals surface area contributed by atoms with Gasteiger partial charge in [0.25, 0.3) is 0 Å². The lowest BCUT2D eigenvalue weighted by Gasteiger charge is -2.02. The van der Waals surface area contributed by atoms with Gasteiger partial charge < -0.3 is 0 Å². The number of hydrogen-bond acceptors (Lipinski definition) is 2. The van der Waals surface area contributed by atoms with Gasteiger partial charge in [0.05, 0.1) is 0 Å². The average molecular weight is 236 g/mol. The third-order valence-electron chi connectivity index (χ3n) is 2.67. The molecule has 0 aliphatic rings. The van der Waals surface area contributed by atoms with Crippen molar-refractivity contribution in [2.24, 2.45) is 0 Å². The van der Waals surface area contributed by atoms with Crippen LogP contribution >= 0.6 is 11.8 Å². The zero-order chi connectivity index (χ0) is 11.8. The maximum absolute atomic E-state index is 11.8. The van der Waals surface area contributed by atoms with Gasteiger partial charge in [0.2, 0.25) is 0 Å². The minimum atomic E-state index is 0.281. The van der Waals surface area contributed by atoms with Crippen LogP contribution < -0.4 is 0 Å². The molecule has 0 fully saturated rings. The molecule has 1 rings (SSSR count). The van der Waals surface area contributed by atoms with E-state index in [2.05, 4.69) is 6.92 Å². The second kappa shape index (κ2) is 7.50. The first-order chi connectivity index (χ1) is 7.77. The molecular weight excluding hydrogens is 216 g/mol. The standard InChI is InChI=1S/C14H20OS/c1-3-4-5-6-7-14(15)12-8-10-13(16-2)11-9-12/h8-11H,3-7H2,1-2H3. The van der Waals surface area contributed by atoms with Crippen LogP contribution in [0.2, 0.25) is 0 Å². The van der Waals surface area contributed by atoms with Crippen LogP contribution in [-0.4, -0.2) is 12.0 Å². The quantitative estimate of drug-likeness (QED) is 0.392. The summed E-state index contributed by atoms with van der Waals surface area (Å²) in [6.07, 6.45) is 7.39. The summed E-state index contributed by atoms with van der Waals surface area (Å²) in [5, 5.41) is 0. The summed E-state index contributed by atoms with van der Waals surface area (Å²) in [6, 6.07) is 7.91. The Hall–Kier alpha value is -0.760. The lowest BCUT2D eigenvalue weighted by molar-refractivity contribution is 0.0979. The van der Waals surface area contributed by atoms with Crippen molar-refractivity contribution in [1.82, 2.24) is 0 Å². The highest BCUT2D eigenvalue weighted by molar-refractivity contribution is 7.98. The lowest BCUT2D eigenvalue weighted by atomic mass is 10.0. The summed E-state index contributed by atoms with van der Waals surface area (Å²) in [5.74, 6) is 0.281. The molecule has 88 valence electrons. The SMILES string of the molecule is CCCCCCC(=O)c1ccc(SC)cc1. The second-order valence-electron chi connectivity index (χ2n) is 3.96. The number of unbranched alkanes of at least 4 members (excludes halogenated alkanes) is 3. The Morgan fingerprint density at radius 2 is 1.81 bits per heavy atom. The van der Waals surface area contributed by atoms with Gasteiger partial charge in [-0.2, -0.15) is 0 Å². The van der Waals surface area contributed by atoms with Crippen LogP contribution in [0.5, 0.6) is 0 Å². The summed E-state index contributed by atoms with van der Waals surface area (Å²) in [6.45, 7) is 2.18. The highest BCUT2D eigenvalue weighted by Gasteiger charge is 2.04. The molecule has 0 aromatic heterocycles. The first kappa shape index (κ1) is 13.3. The topological polar surface area (TPSA) is 17.1 Å². The predicted molar refractivity (Wildman–Crippen MR) is 71.3 cm³/mol. The lowest BCUT2D eigenvalue weighted by Crippen LogP contribution is -1.98. The molecule has 0 saturated heterocycles. The maximum atomic E-state index is 11.8. The van der Waals surface area contributed by atoms with Crippen molar-refractivity contribution in [3.8, 4) is 0 Å². The fourth-order valence-corrected chi connectivity index (χ4v) is 2.04. The van der Waals surface area contributed by atoms with Crippen molar-refractivity contribution in [3.63, 3.8) is 0 Å². The molecule has 0 amide bonds. The zero-order valence-electron chi connectivity index (χ0n) is 10.2. The second-order valence-corrected chi connectivity index (χ2v) is 4.84. The minimum Gasteiger partial charge on any atom is -0.294 e. The number of hydrogen-bond donors (Lipinski definition) is 0. The Morgan fingerprint density at radius 1 is 1.12 bits per heavy atom. The van der Waals surface area contributed by atoms with E-state index in [1.54, 1.807) is 11.8 Å². The molecule has 0 saturated carbocycles.